The standard InChI is InChI=1S/C6H9N.C3H8O/c1-6(5-7)3-2-4-6;1-2-3-4/h2-4H2,1H3;4H,2-3H2,1H3. The van der Waals surface area contributed by atoms with E-state index in [1.807, 2.05) is 13.8 Å². The first-order chi connectivity index (χ1) is 5.18. The third kappa shape index (κ3) is 4.00. The largest absolute Gasteiger partial charge is 0.396 e. The molecule has 1 N–H and O–H groups in total. The Bertz CT molecular complexity index is 131. The topological polar surface area (TPSA) is 44.0 Å². The van der Waals surface area contributed by atoms with Gasteiger partial charge in [0, 0.05) is 6.61 Å². The summed E-state index contributed by atoms with van der Waals surface area (Å²) in [5.74, 6) is 0. The summed E-state index contributed by atoms with van der Waals surface area (Å²) >= 11 is 0. The molecule has 0 aliphatic heterocycles. The van der Waals surface area contributed by atoms with Crippen molar-refractivity contribution < 1.29 is 5.11 Å². The average molecular weight is 155 g/mol. The van der Waals surface area contributed by atoms with E-state index in [-0.39, 0.29) is 5.41 Å². The Labute approximate surface area is 68.8 Å². The number of hydrogen-bond acceptors (Lipinski definition) is 2. The molecule has 1 aliphatic rings. The maximum absolute atomic E-state index is 8.40. The van der Waals surface area contributed by atoms with Crippen LogP contribution in [0.25, 0.3) is 0 Å². The van der Waals surface area contributed by atoms with Crippen LogP contribution in [0.4, 0.5) is 0 Å². The monoisotopic (exact) mass is 155 g/mol. The van der Waals surface area contributed by atoms with Crippen LogP contribution in [0.15, 0.2) is 0 Å². The molecular weight excluding hydrogens is 138 g/mol. The summed E-state index contributed by atoms with van der Waals surface area (Å²) in [7, 11) is 0. The molecule has 0 bridgehead atoms. The van der Waals surface area contributed by atoms with E-state index in [4.69, 9.17) is 10.4 Å². The number of aliphatic hydroxyl groups excluding tert-OH is 1. The molecule has 0 saturated heterocycles. The lowest BCUT2D eigenvalue weighted by Gasteiger charge is -2.30. The summed E-state index contributed by atoms with van der Waals surface area (Å²) in [5, 5.41) is 16.3. The van der Waals surface area contributed by atoms with Crippen molar-refractivity contribution in [3.05, 3.63) is 0 Å². The Morgan fingerprint density at radius 2 is 2.00 bits per heavy atom. The second kappa shape index (κ2) is 5.15. The maximum atomic E-state index is 8.40. The molecule has 0 atom stereocenters. The predicted molar refractivity (Wildman–Crippen MR) is 44.9 cm³/mol. The van der Waals surface area contributed by atoms with Gasteiger partial charge in [0.05, 0.1) is 11.5 Å². The molecule has 0 spiro atoms. The molecule has 1 aliphatic carbocycles. The number of hydrogen-bond donors (Lipinski definition) is 1. The highest BCUT2D eigenvalue weighted by atomic mass is 16.2. The van der Waals surface area contributed by atoms with Crippen molar-refractivity contribution in [1.82, 2.24) is 0 Å². The smallest absolute Gasteiger partial charge is 0.0686 e. The second-order valence-corrected chi connectivity index (χ2v) is 3.25. The van der Waals surface area contributed by atoms with Crippen LogP contribution in [-0.4, -0.2) is 11.7 Å². The zero-order valence-electron chi connectivity index (χ0n) is 7.43. The van der Waals surface area contributed by atoms with Crippen LogP contribution in [0.3, 0.4) is 0 Å². The lowest BCUT2D eigenvalue weighted by atomic mass is 9.72. The third-order valence-electron chi connectivity index (χ3n) is 1.95. The summed E-state index contributed by atoms with van der Waals surface area (Å²) in [6.45, 7) is 4.27. The SMILES string of the molecule is CC1(C#N)CCC1.CCCO. The van der Waals surface area contributed by atoms with E-state index in [0.717, 1.165) is 19.3 Å². The predicted octanol–water partition coefficient (Wildman–Crippen LogP) is 2.09. The van der Waals surface area contributed by atoms with Crippen molar-refractivity contribution in [3.63, 3.8) is 0 Å². The summed E-state index contributed by atoms with van der Waals surface area (Å²) in [5.41, 5.74) is 0.0694. The van der Waals surface area contributed by atoms with Crippen LogP contribution in [0, 0.1) is 16.7 Å². The normalized spacial score (nSPS) is 18.7. The van der Waals surface area contributed by atoms with Crippen molar-refractivity contribution in [2.24, 2.45) is 5.41 Å². The Morgan fingerprint density at radius 1 is 1.55 bits per heavy atom. The fraction of sp³-hybridized carbons (Fsp3) is 0.889. The average Bonchev–Trinajstić information content (AvgIpc) is 2.01. The molecule has 1 fully saturated rings. The van der Waals surface area contributed by atoms with Crippen molar-refractivity contribution in [2.75, 3.05) is 6.61 Å². The molecule has 1 rings (SSSR count). The Hall–Kier alpha value is -0.550. The minimum Gasteiger partial charge on any atom is -0.396 e. The molecule has 0 aromatic carbocycles. The minimum atomic E-state index is 0.0694. The Kier molecular flexibility index (Phi) is 4.89. The third-order valence-corrected chi connectivity index (χ3v) is 1.95. The Balaban J connectivity index is 0.000000218. The molecule has 0 amide bonds. The van der Waals surface area contributed by atoms with Gasteiger partial charge in [-0.2, -0.15) is 5.26 Å². The molecule has 0 unspecified atom stereocenters. The molecule has 0 aromatic heterocycles. The molecule has 0 radical (unpaired) electrons. The van der Waals surface area contributed by atoms with Gasteiger partial charge < -0.3 is 5.11 Å². The lowest BCUT2D eigenvalue weighted by Crippen LogP contribution is -2.22. The number of nitrogens with zero attached hydrogens (tertiary/aromatic N) is 1. The van der Waals surface area contributed by atoms with Gasteiger partial charge >= 0.3 is 0 Å². The van der Waals surface area contributed by atoms with Crippen LogP contribution in [0.5, 0.6) is 0 Å². The lowest BCUT2D eigenvalue weighted by molar-refractivity contribution is 0.245. The zero-order chi connectivity index (χ0) is 8.74. The van der Waals surface area contributed by atoms with Crippen LogP contribution in [0.2, 0.25) is 0 Å². The van der Waals surface area contributed by atoms with Gasteiger partial charge in [-0.1, -0.05) is 13.3 Å². The van der Waals surface area contributed by atoms with Gasteiger partial charge in [0.25, 0.3) is 0 Å². The quantitative estimate of drug-likeness (QED) is 0.630. The van der Waals surface area contributed by atoms with Crippen LogP contribution >= 0.6 is 0 Å². The minimum absolute atomic E-state index is 0.0694. The van der Waals surface area contributed by atoms with Crippen molar-refractivity contribution >= 4 is 0 Å². The molecule has 0 heterocycles. The molecule has 1 saturated carbocycles. The van der Waals surface area contributed by atoms with Crippen molar-refractivity contribution in [3.8, 4) is 6.07 Å². The maximum Gasteiger partial charge on any atom is 0.0686 e. The van der Waals surface area contributed by atoms with Gasteiger partial charge in [0.1, 0.15) is 0 Å². The fourth-order valence-electron chi connectivity index (χ4n) is 0.819. The number of rotatable bonds is 1. The summed E-state index contributed by atoms with van der Waals surface area (Å²) < 4.78 is 0. The summed E-state index contributed by atoms with van der Waals surface area (Å²) in [6.07, 6.45) is 4.36. The van der Waals surface area contributed by atoms with E-state index in [9.17, 15) is 0 Å². The molecule has 2 nitrogen and oxygen atoms in total. The molecule has 0 aromatic rings. The van der Waals surface area contributed by atoms with Gasteiger partial charge in [-0.25, -0.2) is 0 Å². The van der Waals surface area contributed by atoms with Gasteiger partial charge in [-0.05, 0) is 26.2 Å². The first kappa shape index (κ1) is 10.4. The highest BCUT2D eigenvalue weighted by Gasteiger charge is 2.30. The molecule has 2 heteroatoms. The van der Waals surface area contributed by atoms with Gasteiger partial charge in [-0.3, -0.25) is 0 Å². The first-order valence-electron chi connectivity index (χ1n) is 4.20. The molecular formula is C9H17NO. The fourth-order valence-corrected chi connectivity index (χ4v) is 0.819. The van der Waals surface area contributed by atoms with Crippen LogP contribution in [-0.2, 0) is 0 Å². The Morgan fingerprint density at radius 3 is 2.00 bits per heavy atom. The van der Waals surface area contributed by atoms with E-state index in [1.54, 1.807) is 0 Å². The highest BCUT2D eigenvalue weighted by Crippen LogP contribution is 2.38. The van der Waals surface area contributed by atoms with Gasteiger partial charge in [0.2, 0.25) is 0 Å². The van der Waals surface area contributed by atoms with Crippen molar-refractivity contribution in [2.45, 2.75) is 39.5 Å². The first-order valence-corrected chi connectivity index (χ1v) is 4.20. The zero-order valence-corrected chi connectivity index (χ0v) is 7.43. The second-order valence-electron chi connectivity index (χ2n) is 3.25. The van der Waals surface area contributed by atoms with Gasteiger partial charge in [-0.15, -0.1) is 0 Å². The van der Waals surface area contributed by atoms with E-state index in [0.29, 0.717) is 6.61 Å². The van der Waals surface area contributed by atoms with Crippen LogP contribution < -0.4 is 0 Å². The van der Waals surface area contributed by atoms with Crippen LogP contribution in [0.1, 0.15) is 39.5 Å². The number of nitriles is 1. The van der Waals surface area contributed by atoms with E-state index < -0.39 is 0 Å². The van der Waals surface area contributed by atoms with Crippen molar-refractivity contribution in [1.29, 1.82) is 5.26 Å². The van der Waals surface area contributed by atoms with E-state index >= 15 is 0 Å². The number of aliphatic hydroxyl groups is 1. The van der Waals surface area contributed by atoms with E-state index in [2.05, 4.69) is 6.07 Å². The molecule has 11 heavy (non-hydrogen) atoms. The van der Waals surface area contributed by atoms with E-state index in [1.165, 1.54) is 6.42 Å². The highest BCUT2D eigenvalue weighted by molar-refractivity contribution is 5.00. The summed E-state index contributed by atoms with van der Waals surface area (Å²) in [4.78, 5) is 0. The molecule has 64 valence electrons. The summed E-state index contributed by atoms with van der Waals surface area (Å²) in [6, 6.07) is 2.28. The van der Waals surface area contributed by atoms with Gasteiger partial charge in [0.15, 0.2) is 0 Å².